The van der Waals surface area contributed by atoms with Gasteiger partial charge >= 0.3 is 0 Å². The molecule has 0 aliphatic carbocycles. The van der Waals surface area contributed by atoms with Crippen molar-refractivity contribution >= 4 is 0 Å². The van der Waals surface area contributed by atoms with E-state index >= 15 is 0 Å². The van der Waals surface area contributed by atoms with Crippen LogP contribution in [0.2, 0.25) is 0 Å². The van der Waals surface area contributed by atoms with E-state index in [4.69, 9.17) is 4.74 Å². The van der Waals surface area contributed by atoms with Crippen LogP contribution in [0.15, 0.2) is 24.3 Å². The van der Waals surface area contributed by atoms with Gasteiger partial charge in [0.2, 0.25) is 0 Å². The number of hydrogen-bond donors (Lipinski definition) is 1. The third-order valence-electron chi connectivity index (χ3n) is 3.58. The number of methoxy groups -OCH3 is 1. The fraction of sp³-hybridized carbons (Fsp3) is 0.625. The van der Waals surface area contributed by atoms with Gasteiger partial charge in [0, 0.05) is 20.2 Å². The molecule has 0 aliphatic rings. The molecule has 0 fully saturated rings. The number of ether oxygens (including phenoxy) is 1. The van der Waals surface area contributed by atoms with Crippen LogP contribution >= 0.6 is 0 Å². The van der Waals surface area contributed by atoms with Gasteiger partial charge < -0.3 is 10.1 Å². The van der Waals surface area contributed by atoms with E-state index in [-0.39, 0.29) is 5.82 Å². The summed E-state index contributed by atoms with van der Waals surface area (Å²) in [5.41, 5.74) is 1.22. The van der Waals surface area contributed by atoms with Crippen molar-refractivity contribution in [1.29, 1.82) is 0 Å². The van der Waals surface area contributed by atoms with Crippen molar-refractivity contribution in [2.45, 2.75) is 32.6 Å². The molecular weight excluding hydrogens is 241 g/mol. The van der Waals surface area contributed by atoms with Crippen molar-refractivity contribution in [3.63, 3.8) is 0 Å². The van der Waals surface area contributed by atoms with Gasteiger partial charge in [-0.15, -0.1) is 0 Å². The maximum atomic E-state index is 13.0. The number of halogens is 1. The molecule has 0 saturated carbocycles. The molecule has 0 bridgehead atoms. The number of rotatable bonds is 9. The summed E-state index contributed by atoms with van der Waals surface area (Å²) in [5, 5.41) is 3.42. The van der Waals surface area contributed by atoms with Gasteiger partial charge in [-0.1, -0.05) is 38.8 Å². The summed E-state index contributed by atoms with van der Waals surface area (Å²) < 4.78 is 18.1. The highest BCUT2D eigenvalue weighted by molar-refractivity contribution is 5.21. The largest absolute Gasteiger partial charge is 0.383 e. The van der Waals surface area contributed by atoms with Crippen LogP contribution in [0.4, 0.5) is 4.39 Å². The van der Waals surface area contributed by atoms with Crippen LogP contribution in [-0.4, -0.2) is 26.8 Å². The summed E-state index contributed by atoms with van der Waals surface area (Å²) in [5.74, 6) is 0.848. The Kier molecular flexibility index (Phi) is 7.68. The van der Waals surface area contributed by atoms with Gasteiger partial charge in [0.25, 0.3) is 0 Å². The first-order chi connectivity index (χ1) is 9.19. The zero-order valence-corrected chi connectivity index (χ0v) is 12.3. The quantitative estimate of drug-likeness (QED) is 0.690. The Balaban J connectivity index is 2.65. The standard InChI is InChI=1S/C16H26FNO/c1-4-5-13(2)16(12-18-10-11-19-3)14-6-8-15(17)9-7-14/h6-9,13,16,18H,4-5,10-12H2,1-3H3. The van der Waals surface area contributed by atoms with Crippen LogP contribution in [0.25, 0.3) is 0 Å². The lowest BCUT2D eigenvalue weighted by molar-refractivity contribution is 0.198. The van der Waals surface area contributed by atoms with Crippen molar-refractivity contribution in [3.05, 3.63) is 35.6 Å². The van der Waals surface area contributed by atoms with Gasteiger partial charge in [-0.25, -0.2) is 4.39 Å². The van der Waals surface area contributed by atoms with Crippen molar-refractivity contribution in [2.75, 3.05) is 26.8 Å². The molecule has 1 N–H and O–H groups in total. The van der Waals surface area contributed by atoms with Crippen LogP contribution in [0.3, 0.4) is 0 Å². The minimum Gasteiger partial charge on any atom is -0.383 e. The summed E-state index contributed by atoms with van der Waals surface area (Å²) in [7, 11) is 1.71. The van der Waals surface area contributed by atoms with Crippen LogP contribution in [0.5, 0.6) is 0 Å². The Morgan fingerprint density at radius 1 is 1.26 bits per heavy atom. The van der Waals surface area contributed by atoms with Crippen molar-refractivity contribution in [1.82, 2.24) is 5.32 Å². The highest BCUT2D eigenvalue weighted by Gasteiger charge is 2.18. The zero-order chi connectivity index (χ0) is 14.1. The lowest BCUT2D eigenvalue weighted by Crippen LogP contribution is -2.28. The lowest BCUT2D eigenvalue weighted by Gasteiger charge is -2.25. The first-order valence-corrected chi connectivity index (χ1v) is 7.14. The molecule has 0 radical (unpaired) electrons. The van der Waals surface area contributed by atoms with Crippen LogP contribution in [-0.2, 0) is 4.74 Å². The molecule has 0 aromatic heterocycles. The van der Waals surface area contributed by atoms with Crippen molar-refractivity contribution < 1.29 is 9.13 Å². The number of nitrogens with one attached hydrogen (secondary N) is 1. The molecule has 1 aromatic rings. The Labute approximate surface area is 116 Å². The van der Waals surface area contributed by atoms with Crippen LogP contribution in [0, 0.1) is 11.7 Å². The summed E-state index contributed by atoms with van der Waals surface area (Å²) in [6.07, 6.45) is 2.37. The molecule has 0 saturated heterocycles. The number of hydrogen-bond acceptors (Lipinski definition) is 2. The zero-order valence-electron chi connectivity index (χ0n) is 12.3. The smallest absolute Gasteiger partial charge is 0.123 e. The van der Waals surface area contributed by atoms with Gasteiger partial charge in [-0.3, -0.25) is 0 Å². The van der Waals surface area contributed by atoms with E-state index in [1.807, 2.05) is 12.1 Å². The van der Waals surface area contributed by atoms with E-state index in [1.165, 1.54) is 18.4 Å². The Morgan fingerprint density at radius 3 is 2.53 bits per heavy atom. The first kappa shape index (κ1) is 16.1. The fourth-order valence-corrected chi connectivity index (χ4v) is 2.45. The van der Waals surface area contributed by atoms with Crippen molar-refractivity contribution in [2.24, 2.45) is 5.92 Å². The van der Waals surface area contributed by atoms with E-state index in [0.717, 1.165) is 19.7 Å². The van der Waals surface area contributed by atoms with Crippen LogP contribution in [0.1, 0.15) is 38.2 Å². The van der Waals surface area contributed by atoms with Gasteiger partial charge in [0.15, 0.2) is 0 Å². The van der Waals surface area contributed by atoms with Gasteiger partial charge in [0.05, 0.1) is 6.61 Å². The molecule has 2 nitrogen and oxygen atoms in total. The second kappa shape index (κ2) is 9.05. The van der Waals surface area contributed by atoms with E-state index in [0.29, 0.717) is 11.8 Å². The Bertz CT molecular complexity index is 339. The molecule has 19 heavy (non-hydrogen) atoms. The summed E-state index contributed by atoms with van der Waals surface area (Å²) in [6, 6.07) is 6.92. The van der Waals surface area contributed by atoms with E-state index in [2.05, 4.69) is 19.2 Å². The Morgan fingerprint density at radius 2 is 1.95 bits per heavy atom. The molecular formula is C16H26FNO. The summed E-state index contributed by atoms with van der Waals surface area (Å²) in [6.45, 7) is 6.97. The molecule has 2 atom stereocenters. The third-order valence-corrected chi connectivity index (χ3v) is 3.58. The van der Waals surface area contributed by atoms with Gasteiger partial charge in [0.1, 0.15) is 5.82 Å². The predicted molar refractivity (Wildman–Crippen MR) is 78.0 cm³/mol. The summed E-state index contributed by atoms with van der Waals surface area (Å²) >= 11 is 0. The van der Waals surface area contributed by atoms with E-state index in [1.54, 1.807) is 19.2 Å². The minimum atomic E-state index is -0.169. The van der Waals surface area contributed by atoms with Crippen molar-refractivity contribution in [3.8, 4) is 0 Å². The SMILES string of the molecule is CCCC(C)C(CNCCOC)c1ccc(F)cc1. The van der Waals surface area contributed by atoms with Gasteiger partial charge in [-0.05, 0) is 29.5 Å². The monoisotopic (exact) mass is 267 g/mol. The molecule has 108 valence electrons. The average Bonchev–Trinajstić information content (AvgIpc) is 2.40. The topological polar surface area (TPSA) is 21.3 Å². The molecule has 1 rings (SSSR count). The average molecular weight is 267 g/mol. The van der Waals surface area contributed by atoms with E-state index in [9.17, 15) is 4.39 Å². The maximum Gasteiger partial charge on any atom is 0.123 e. The van der Waals surface area contributed by atoms with Gasteiger partial charge in [-0.2, -0.15) is 0 Å². The number of benzene rings is 1. The molecule has 0 spiro atoms. The van der Waals surface area contributed by atoms with Crippen LogP contribution < -0.4 is 5.32 Å². The summed E-state index contributed by atoms with van der Waals surface area (Å²) in [4.78, 5) is 0. The highest BCUT2D eigenvalue weighted by Crippen LogP contribution is 2.27. The molecule has 0 aliphatic heterocycles. The van der Waals surface area contributed by atoms with E-state index < -0.39 is 0 Å². The highest BCUT2D eigenvalue weighted by atomic mass is 19.1. The normalized spacial score (nSPS) is 14.3. The molecule has 2 unspecified atom stereocenters. The molecule has 3 heteroatoms. The third kappa shape index (κ3) is 5.70. The minimum absolute atomic E-state index is 0.169. The second-order valence-corrected chi connectivity index (χ2v) is 5.12. The predicted octanol–water partition coefficient (Wildman–Crippen LogP) is 3.58. The lowest BCUT2D eigenvalue weighted by atomic mass is 9.84. The fourth-order valence-electron chi connectivity index (χ4n) is 2.45. The first-order valence-electron chi connectivity index (χ1n) is 7.14. The second-order valence-electron chi connectivity index (χ2n) is 5.12. The molecule has 1 aromatic carbocycles. The Hall–Kier alpha value is -0.930. The maximum absolute atomic E-state index is 13.0. The molecule has 0 amide bonds. The molecule has 0 heterocycles.